The third kappa shape index (κ3) is 1.01. The van der Waals surface area contributed by atoms with Crippen LogP contribution < -0.4 is 5.06 Å². The van der Waals surface area contributed by atoms with Crippen molar-refractivity contribution in [3.8, 4) is 0 Å². The zero-order valence-electron chi connectivity index (χ0n) is 5.31. The predicted molar refractivity (Wildman–Crippen MR) is 32.5 cm³/mol. The van der Waals surface area contributed by atoms with Gasteiger partial charge in [-0.05, 0) is 6.42 Å². The average Bonchev–Trinajstić information content (AvgIpc) is 2.14. The first-order valence-electron chi connectivity index (χ1n) is 3.37. The molecule has 1 aliphatic rings. The van der Waals surface area contributed by atoms with Gasteiger partial charge in [0.15, 0.2) is 0 Å². The quantitative estimate of drug-likeness (QED) is 0.476. The van der Waals surface area contributed by atoms with Gasteiger partial charge in [0.05, 0.1) is 12.6 Å². The zero-order valence-corrected chi connectivity index (χ0v) is 5.31. The van der Waals surface area contributed by atoms with Crippen LogP contribution in [0.25, 0.3) is 0 Å². The summed E-state index contributed by atoms with van der Waals surface area (Å²) in [7, 11) is 0. The van der Waals surface area contributed by atoms with Gasteiger partial charge in [-0.2, -0.15) is 0 Å². The number of hydrogen-bond donors (Lipinski definition) is 1. The molecule has 0 saturated carbocycles. The van der Waals surface area contributed by atoms with E-state index in [1.54, 1.807) is 0 Å². The first kappa shape index (κ1) is 6.05. The molecule has 0 aliphatic carbocycles. The molecular weight excluding hydrogens is 102 g/mol. The second-order valence-electron chi connectivity index (χ2n) is 2.46. The van der Waals surface area contributed by atoms with Gasteiger partial charge in [0.1, 0.15) is 0 Å². The highest BCUT2D eigenvalue weighted by Crippen LogP contribution is 2.01. The summed E-state index contributed by atoms with van der Waals surface area (Å²) in [6.45, 7) is 2.94. The number of nitrogens with one attached hydrogen (secondary N) is 1. The summed E-state index contributed by atoms with van der Waals surface area (Å²) >= 11 is 0. The molecule has 0 spiro atoms. The fourth-order valence-corrected chi connectivity index (χ4v) is 1.32. The molecule has 1 fully saturated rings. The Morgan fingerprint density at radius 3 is 2.75 bits per heavy atom. The molecule has 1 aliphatic heterocycles. The average molecular weight is 115 g/mol. The van der Waals surface area contributed by atoms with Crippen molar-refractivity contribution in [3.63, 3.8) is 0 Å². The van der Waals surface area contributed by atoms with Crippen LogP contribution in [-0.2, 0) is 0 Å². The molecule has 0 aromatic carbocycles. The van der Waals surface area contributed by atoms with Gasteiger partial charge in [-0.25, -0.2) is 0 Å². The largest absolute Gasteiger partial charge is 0.634 e. The van der Waals surface area contributed by atoms with Crippen molar-refractivity contribution >= 4 is 0 Å². The number of rotatable bonds is 1. The molecular formula is C6H13NO. The van der Waals surface area contributed by atoms with E-state index >= 15 is 0 Å². The van der Waals surface area contributed by atoms with Gasteiger partial charge in [0, 0.05) is 12.8 Å². The monoisotopic (exact) mass is 115 g/mol. The fraction of sp³-hybridized carbons (Fsp3) is 1.00. The lowest BCUT2D eigenvalue weighted by Gasteiger charge is -2.22. The van der Waals surface area contributed by atoms with Gasteiger partial charge in [0.25, 0.3) is 0 Å². The highest BCUT2D eigenvalue weighted by atomic mass is 16.5. The van der Waals surface area contributed by atoms with Crippen LogP contribution in [0.15, 0.2) is 0 Å². The van der Waals surface area contributed by atoms with Gasteiger partial charge < -0.3 is 10.3 Å². The summed E-state index contributed by atoms with van der Waals surface area (Å²) in [4.78, 5) is 0. The Balaban J connectivity index is 2.30. The molecule has 1 N–H and O–H groups in total. The molecule has 0 aromatic heterocycles. The highest BCUT2D eigenvalue weighted by Gasteiger charge is 2.19. The molecule has 48 valence electrons. The Morgan fingerprint density at radius 2 is 2.50 bits per heavy atom. The van der Waals surface area contributed by atoms with E-state index in [1.807, 2.05) is 0 Å². The summed E-state index contributed by atoms with van der Waals surface area (Å²) in [6, 6.07) is 0.426. The van der Waals surface area contributed by atoms with E-state index in [0.29, 0.717) is 11.1 Å². The van der Waals surface area contributed by atoms with Gasteiger partial charge >= 0.3 is 0 Å². The molecule has 1 heterocycles. The zero-order chi connectivity index (χ0) is 5.98. The van der Waals surface area contributed by atoms with Gasteiger partial charge in [0.2, 0.25) is 0 Å². The smallest absolute Gasteiger partial charge is 0.0871 e. The Labute approximate surface area is 50.1 Å². The van der Waals surface area contributed by atoms with E-state index in [4.69, 9.17) is 0 Å². The van der Waals surface area contributed by atoms with Gasteiger partial charge in [-0.1, -0.05) is 6.92 Å². The van der Waals surface area contributed by atoms with Crippen LogP contribution in [0.4, 0.5) is 0 Å². The minimum absolute atomic E-state index is 0.426. The first-order valence-corrected chi connectivity index (χ1v) is 3.37. The van der Waals surface area contributed by atoms with Crippen molar-refractivity contribution in [1.82, 2.24) is 0 Å². The van der Waals surface area contributed by atoms with E-state index in [1.165, 1.54) is 0 Å². The topological polar surface area (TPSA) is 27.5 Å². The lowest BCUT2D eigenvalue weighted by Crippen LogP contribution is -3.08. The first-order chi connectivity index (χ1) is 3.84. The summed E-state index contributed by atoms with van der Waals surface area (Å²) in [5.41, 5.74) is 0. The van der Waals surface area contributed by atoms with Gasteiger partial charge in [-0.3, -0.25) is 0 Å². The van der Waals surface area contributed by atoms with Crippen LogP contribution in [0.2, 0.25) is 0 Å². The molecule has 2 unspecified atom stereocenters. The van der Waals surface area contributed by atoms with E-state index in [9.17, 15) is 5.21 Å². The number of hydroxylamine groups is 2. The maximum Gasteiger partial charge on any atom is 0.0871 e. The van der Waals surface area contributed by atoms with E-state index in [0.717, 1.165) is 25.8 Å². The second kappa shape index (κ2) is 2.46. The molecule has 0 radical (unpaired) electrons. The molecule has 2 nitrogen and oxygen atoms in total. The second-order valence-corrected chi connectivity index (χ2v) is 2.46. The SMILES string of the molecule is CCC1CCC[NH+]1[O-]. The van der Waals surface area contributed by atoms with E-state index < -0.39 is 0 Å². The van der Waals surface area contributed by atoms with E-state index in [2.05, 4.69) is 6.92 Å². The van der Waals surface area contributed by atoms with Crippen molar-refractivity contribution in [2.75, 3.05) is 6.54 Å². The molecule has 1 saturated heterocycles. The molecule has 0 aromatic rings. The Hall–Kier alpha value is -0.0800. The van der Waals surface area contributed by atoms with Crippen LogP contribution >= 0.6 is 0 Å². The summed E-state index contributed by atoms with van der Waals surface area (Å²) in [5.74, 6) is 0. The maximum absolute atomic E-state index is 10.8. The highest BCUT2D eigenvalue weighted by molar-refractivity contribution is 4.59. The van der Waals surface area contributed by atoms with Crippen molar-refractivity contribution < 1.29 is 5.06 Å². The summed E-state index contributed by atoms with van der Waals surface area (Å²) < 4.78 is 0. The Bertz CT molecular complexity index is 74.9. The number of hydrogen-bond acceptors (Lipinski definition) is 1. The van der Waals surface area contributed by atoms with Crippen LogP contribution in [0.3, 0.4) is 0 Å². The van der Waals surface area contributed by atoms with Crippen LogP contribution in [0, 0.1) is 5.21 Å². The van der Waals surface area contributed by atoms with Crippen LogP contribution in [0.1, 0.15) is 26.2 Å². The van der Waals surface area contributed by atoms with Crippen molar-refractivity contribution in [2.24, 2.45) is 0 Å². The molecule has 2 atom stereocenters. The Kier molecular flexibility index (Phi) is 1.86. The molecule has 0 amide bonds. The summed E-state index contributed by atoms with van der Waals surface area (Å²) in [5, 5.41) is 11.3. The lowest BCUT2D eigenvalue weighted by atomic mass is 10.2. The number of quaternary nitrogens is 1. The third-order valence-electron chi connectivity index (χ3n) is 1.92. The minimum Gasteiger partial charge on any atom is -0.634 e. The Morgan fingerprint density at radius 1 is 1.75 bits per heavy atom. The van der Waals surface area contributed by atoms with Crippen LogP contribution in [0.5, 0.6) is 0 Å². The molecule has 1 rings (SSSR count). The van der Waals surface area contributed by atoms with E-state index in [-0.39, 0.29) is 0 Å². The molecule has 2 heteroatoms. The standard InChI is InChI=1S/C6H13NO/c1-2-6-4-3-5-7(6)8/h6-7H,2-5H2,1H3. The fourth-order valence-electron chi connectivity index (χ4n) is 1.32. The van der Waals surface area contributed by atoms with Gasteiger partial charge in [-0.15, -0.1) is 0 Å². The summed E-state index contributed by atoms with van der Waals surface area (Å²) in [6.07, 6.45) is 3.34. The molecule has 0 bridgehead atoms. The predicted octanol–water partition coefficient (Wildman–Crippen LogP) is -0.0585. The minimum atomic E-state index is 0.426. The van der Waals surface area contributed by atoms with Crippen molar-refractivity contribution in [2.45, 2.75) is 32.2 Å². The van der Waals surface area contributed by atoms with Crippen molar-refractivity contribution in [3.05, 3.63) is 5.21 Å². The van der Waals surface area contributed by atoms with Crippen LogP contribution in [-0.4, -0.2) is 12.6 Å². The third-order valence-corrected chi connectivity index (χ3v) is 1.92. The molecule has 8 heavy (non-hydrogen) atoms. The van der Waals surface area contributed by atoms with Crippen molar-refractivity contribution in [1.29, 1.82) is 0 Å². The lowest BCUT2D eigenvalue weighted by molar-refractivity contribution is -0.861. The maximum atomic E-state index is 10.8. The normalized spacial score (nSPS) is 38.2.